The molecule has 2 saturated carbocycles. The fraction of sp³-hybridized carbons (Fsp3) is 0.567. The number of fused-ring (bicyclic) bond motifs is 2. The van der Waals surface area contributed by atoms with E-state index >= 15 is 0 Å². The molecule has 0 bridgehead atoms. The second-order valence-corrected chi connectivity index (χ2v) is 11.6. The molecule has 0 spiro atoms. The average Bonchev–Trinajstić information content (AvgIpc) is 3.42. The molecule has 3 aliphatic carbocycles. The fourth-order valence-electron chi connectivity index (χ4n) is 5.62. The second kappa shape index (κ2) is 9.79. The highest BCUT2D eigenvalue weighted by Crippen LogP contribution is 2.56. The summed E-state index contributed by atoms with van der Waals surface area (Å²) in [5.41, 5.74) is 3.14. The predicted molar refractivity (Wildman–Crippen MR) is 132 cm³/mol. The van der Waals surface area contributed by atoms with E-state index in [1.54, 1.807) is 6.08 Å². The van der Waals surface area contributed by atoms with Crippen molar-refractivity contribution in [2.24, 2.45) is 17.8 Å². The van der Waals surface area contributed by atoms with Gasteiger partial charge >= 0.3 is 5.97 Å². The maximum Gasteiger partial charge on any atom is 0.331 e. The van der Waals surface area contributed by atoms with Crippen LogP contribution >= 0.6 is 0 Å². The topological polar surface area (TPSA) is 26.3 Å². The van der Waals surface area contributed by atoms with Crippen LogP contribution in [0.15, 0.2) is 59.2 Å². The molecule has 2 nitrogen and oxygen atoms in total. The van der Waals surface area contributed by atoms with Gasteiger partial charge in [0.1, 0.15) is 17.1 Å². The minimum absolute atomic E-state index is 0.0824. The quantitative estimate of drug-likeness (QED) is 0.301. The van der Waals surface area contributed by atoms with E-state index in [9.17, 15) is 13.6 Å². The molecule has 4 rings (SSSR count). The highest BCUT2D eigenvalue weighted by Gasteiger charge is 2.54. The highest BCUT2D eigenvalue weighted by atomic mass is 19.1. The number of ether oxygens (including phenoxy) is 1. The SMILES string of the molecule is C/C(=C/C(=O)OC(C)(C)C)CCCC1CCC2=CC3CC3(F)C=C2CC1Cc1ccc(F)cc1. The maximum atomic E-state index is 14.8. The third-order valence-electron chi connectivity index (χ3n) is 7.48. The Morgan fingerprint density at radius 3 is 2.62 bits per heavy atom. The molecular weight excluding hydrogens is 430 g/mol. The highest BCUT2D eigenvalue weighted by molar-refractivity contribution is 5.83. The van der Waals surface area contributed by atoms with Gasteiger partial charge in [-0.15, -0.1) is 0 Å². The smallest absolute Gasteiger partial charge is 0.331 e. The van der Waals surface area contributed by atoms with Crippen molar-refractivity contribution in [3.63, 3.8) is 0 Å². The van der Waals surface area contributed by atoms with Crippen molar-refractivity contribution in [1.29, 1.82) is 0 Å². The zero-order valence-electron chi connectivity index (χ0n) is 21.0. The van der Waals surface area contributed by atoms with Crippen molar-refractivity contribution < 1.29 is 18.3 Å². The first-order valence-electron chi connectivity index (χ1n) is 12.8. The average molecular weight is 469 g/mol. The first-order chi connectivity index (χ1) is 16.0. The molecule has 1 aromatic rings. The predicted octanol–water partition coefficient (Wildman–Crippen LogP) is 7.84. The van der Waals surface area contributed by atoms with Crippen molar-refractivity contribution in [1.82, 2.24) is 0 Å². The van der Waals surface area contributed by atoms with Gasteiger partial charge in [-0.05, 0) is 126 Å². The molecule has 4 unspecified atom stereocenters. The Kier molecular flexibility index (Phi) is 7.17. The summed E-state index contributed by atoms with van der Waals surface area (Å²) in [6.07, 6.45) is 13.2. The van der Waals surface area contributed by atoms with Gasteiger partial charge in [-0.3, -0.25) is 0 Å². The number of carbonyl (C=O) groups is 1. The van der Waals surface area contributed by atoms with Crippen LogP contribution in [0.1, 0.15) is 78.2 Å². The first kappa shape index (κ1) is 24.9. The summed E-state index contributed by atoms with van der Waals surface area (Å²) in [7, 11) is 0. The lowest BCUT2D eigenvalue weighted by Gasteiger charge is -2.26. The summed E-state index contributed by atoms with van der Waals surface area (Å²) in [5.74, 6) is 0.498. The molecule has 2 fully saturated rings. The van der Waals surface area contributed by atoms with Crippen LogP contribution < -0.4 is 0 Å². The molecule has 0 radical (unpaired) electrons. The van der Waals surface area contributed by atoms with Crippen LogP contribution in [0.4, 0.5) is 8.78 Å². The van der Waals surface area contributed by atoms with Crippen LogP contribution in [0.5, 0.6) is 0 Å². The van der Waals surface area contributed by atoms with Gasteiger partial charge in [0.15, 0.2) is 0 Å². The van der Waals surface area contributed by atoms with Crippen molar-refractivity contribution in [2.75, 3.05) is 0 Å². The Balaban J connectivity index is 1.42. The molecule has 0 aliphatic heterocycles. The molecule has 4 heteroatoms. The number of alkyl halides is 1. The van der Waals surface area contributed by atoms with E-state index in [0.29, 0.717) is 18.3 Å². The molecule has 1 aromatic carbocycles. The van der Waals surface area contributed by atoms with Crippen molar-refractivity contribution >= 4 is 5.97 Å². The zero-order valence-corrected chi connectivity index (χ0v) is 21.0. The van der Waals surface area contributed by atoms with Crippen molar-refractivity contribution in [3.8, 4) is 0 Å². The Labute approximate surface area is 203 Å². The molecule has 0 aromatic heterocycles. The number of rotatable bonds is 7. The lowest BCUT2D eigenvalue weighted by molar-refractivity contribution is -0.148. The van der Waals surface area contributed by atoms with Gasteiger partial charge in [0.25, 0.3) is 0 Å². The van der Waals surface area contributed by atoms with Gasteiger partial charge in [-0.25, -0.2) is 13.6 Å². The van der Waals surface area contributed by atoms with Crippen LogP contribution in [0, 0.1) is 23.6 Å². The zero-order chi connectivity index (χ0) is 24.5. The van der Waals surface area contributed by atoms with Gasteiger partial charge in [-0.2, -0.15) is 0 Å². The van der Waals surface area contributed by atoms with E-state index in [2.05, 4.69) is 6.08 Å². The van der Waals surface area contributed by atoms with Gasteiger partial charge in [0.2, 0.25) is 0 Å². The number of halogens is 2. The first-order valence-corrected chi connectivity index (χ1v) is 12.8. The second-order valence-electron chi connectivity index (χ2n) is 11.6. The Bertz CT molecular complexity index is 996. The third-order valence-corrected chi connectivity index (χ3v) is 7.48. The number of hydrogen-bond donors (Lipinski definition) is 0. The van der Waals surface area contributed by atoms with E-state index in [0.717, 1.165) is 56.1 Å². The molecule has 0 amide bonds. The van der Waals surface area contributed by atoms with E-state index in [1.165, 1.54) is 23.3 Å². The fourth-order valence-corrected chi connectivity index (χ4v) is 5.62. The van der Waals surface area contributed by atoms with E-state index < -0.39 is 11.3 Å². The molecule has 4 atom stereocenters. The lowest BCUT2D eigenvalue weighted by atomic mass is 9.79. The van der Waals surface area contributed by atoms with Gasteiger partial charge < -0.3 is 4.74 Å². The number of allylic oxidation sites excluding steroid dienone is 5. The van der Waals surface area contributed by atoms with E-state index in [1.807, 2.05) is 45.9 Å². The third kappa shape index (κ3) is 6.46. The summed E-state index contributed by atoms with van der Waals surface area (Å²) in [5, 5.41) is 0. The molecule has 0 heterocycles. The number of esters is 1. The summed E-state index contributed by atoms with van der Waals surface area (Å²) in [4.78, 5) is 12.1. The summed E-state index contributed by atoms with van der Waals surface area (Å²) in [6.45, 7) is 7.61. The summed E-state index contributed by atoms with van der Waals surface area (Å²) >= 11 is 0. The van der Waals surface area contributed by atoms with Crippen LogP contribution in [-0.2, 0) is 16.0 Å². The van der Waals surface area contributed by atoms with Crippen molar-refractivity contribution in [3.05, 3.63) is 70.6 Å². The minimum Gasteiger partial charge on any atom is -0.457 e. The minimum atomic E-state index is -1.11. The Hall–Kier alpha value is -2.23. The van der Waals surface area contributed by atoms with Crippen molar-refractivity contribution in [2.45, 2.75) is 90.3 Å². The number of carbonyl (C=O) groups excluding carboxylic acids is 1. The van der Waals surface area contributed by atoms with Gasteiger partial charge in [0, 0.05) is 12.0 Å². The van der Waals surface area contributed by atoms with Gasteiger partial charge in [-0.1, -0.05) is 23.8 Å². The molecular formula is C30H38F2O2. The van der Waals surface area contributed by atoms with Crippen LogP contribution in [0.25, 0.3) is 0 Å². The van der Waals surface area contributed by atoms with E-state index in [4.69, 9.17) is 4.74 Å². The number of benzene rings is 1. The summed E-state index contributed by atoms with van der Waals surface area (Å²) in [6, 6.07) is 6.82. The largest absolute Gasteiger partial charge is 0.457 e. The standard InChI is InChI=1S/C30H38F2O2/c1-20(14-28(33)34-29(2,3)4)6-5-7-22-10-11-23-17-26-19-30(26,32)18-25(23)16-24(22)15-21-8-12-27(31)13-9-21/h8-9,12-14,17-18,22,24,26H,5-7,10-11,15-16,19H2,1-4H3/b20-14-. The van der Waals surface area contributed by atoms with E-state index in [-0.39, 0.29) is 17.7 Å². The Morgan fingerprint density at radius 1 is 1.18 bits per heavy atom. The lowest BCUT2D eigenvalue weighted by Crippen LogP contribution is -2.22. The molecule has 184 valence electrons. The maximum absolute atomic E-state index is 14.8. The Morgan fingerprint density at radius 2 is 1.91 bits per heavy atom. The molecule has 34 heavy (non-hydrogen) atoms. The van der Waals surface area contributed by atoms with Crippen LogP contribution in [0.3, 0.4) is 0 Å². The normalized spacial score (nSPS) is 28.8. The molecule has 3 aliphatic rings. The van der Waals surface area contributed by atoms with Crippen LogP contribution in [0.2, 0.25) is 0 Å². The monoisotopic (exact) mass is 468 g/mol. The van der Waals surface area contributed by atoms with Gasteiger partial charge in [0.05, 0.1) is 0 Å². The summed E-state index contributed by atoms with van der Waals surface area (Å²) < 4.78 is 33.7. The number of hydrogen-bond acceptors (Lipinski definition) is 2. The molecule has 0 saturated heterocycles. The molecule has 0 N–H and O–H groups in total. The van der Waals surface area contributed by atoms with Crippen LogP contribution in [-0.4, -0.2) is 17.2 Å².